The summed E-state index contributed by atoms with van der Waals surface area (Å²) in [5, 5.41) is 0. The van der Waals surface area contributed by atoms with E-state index in [1.54, 1.807) is 0 Å². The molecule has 0 saturated carbocycles. The lowest BCUT2D eigenvalue weighted by molar-refractivity contribution is -0.157. The van der Waals surface area contributed by atoms with E-state index in [9.17, 15) is 4.79 Å². The smallest absolute Gasteiger partial charge is 0.310 e. The summed E-state index contributed by atoms with van der Waals surface area (Å²) in [6, 6.07) is 9.53. The normalized spacial score (nSPS) is 21.8. The lowest BCUT2D eigenvalue weighted by Gasteiger charge is -2.16. The average molecular weight is 250 g/mol. The van der Waals surface area contributed by atoms with Gasteiger partial charge in [-0.2, -0.15) is 0 Å². The fraction of sp³-hybridized carbons (Fsp3) is 0.500. The molecule has 0 spiro atoms. The van der Waals surface area contributed by atoms with Crippen molar-refractivity contribution in [1.29, 1.82) is 0 Å². The van der Waals surface area contributed by atoms with Gasteiger partial charge in [-0.25, -0.2) is 0 Å². The molecule has 0 amide bonds. The first-order valence-corrected chi connectivity index (χ1v) is 6.06. The van der Waals surface area contributed by atoms with Crippen molar-refractivity contribution in [1.82, 2.24) is 0 Å². The number of carbonyl (C=O) groups is 1. The molecule has 1 heterocycles. The molecule has 1 saturated heterocycles. The SMILES string of the molecule is CC1(C)OCC(COC(=O)Cc2ccccc2)O1. The minimum Gasteiger partial charge on any atom is -0.463 e. The Morgan fingerprint density at radius 1 is 1.39 bits per heavy atom. The van der Waals surface area contributed by atoms with E-state index in [0.717, 1.165) is 5.56 Å². The van der Waals surface area contributed by atoms with Gasteiger partial charge in [-0.15, -0.1) is 0 Å². The number of carbonyl (C=O) groups excluding carboxylic acids is 1. The van der Waals surface area contributed by atoms with E-state index in [2.05, 4.69) is 0 Å². The van der Waals surface area contributed by atoms with E-state index in [4.69, 9.17) is 14.2 Å². The Bertz CT molecular complexity index is 400. The third kappa shape index (κ3) is 3.82. The number of rotatable bonds is 4. The van der Waals surface area contributed by atoms with Crippen LogP contribution in [-0.2, 0) is 25.4 Å². The first-order chi connectivity index (χ1) is 8.55. The van der Waals surface area contributed by atoms with Gasteiger partial charge in [-0.1, -0.05) is 30.3 Å². The van der Waals surface area contributed by atoms with Gasteiger partial charge in [-0.3, -0.25) is 4.79 Å². The molecule has 18 heavy (non-hydrogen) atoms. The van der Waals surface area contributed by atoms with Crippen LogP contribution in [0.2, 0.25) is 0 Å². The molecular weight excluding hydrogens is 232 g/mol. The van der Waals surface area contributed by atoms with Gasteiger partial charge in [0.05, 0.1) is 13.0 Å². The number of ether oxygens (including phenoxy) is 3. The molecule has 0 aromatic heterocycles. The minimum absolute atomic E-state index is 0.167. The Hall–Kier alpha value is -1.39. The molecule has 0 N–H and O–H groups in total. The molecule has 1 aliphatic heterocycles. The molecular formula is C14H18O4. The van der Waals surface area contributed by atoms with Crippen molar-refractivity contribution in [3.8, 4) is 0 Å². The molecule has 0 aliphatic carbocycles. The number of esters is 1. The van der Waals surface area contributed by atoms with Crippen molar-refractivity contribution in [2.45, 2.75) is 32.2 Å². The fourth-order valence-electron chi connectivity index (χ4n) is 1.84. The summed E-state index contributed by atoms with van der Waals surface area (Å²) in [5.74, 6) is -0.814. The van der Waals surface area contributed by atoms with E-state index in [0.29, 0.717) is 6.61 Å². The minimum atomic E-state index is -0.573. The summed E-state index contributed by atoms with van der Waals surface area (Å²) in [6.45, 7) is 4.40. The zero-order chi connectivity index (χ0) is 13.0. The molecule has 1 atom stereocenters. The summed E-state index contributed by atoms with van der Waals surface area (Å²) < 4.78 is 16.1. The van der Waals surface area contributed by atoms with Gasteiger partial charge in [-0.05, 0) is 19.4 Å². The molecule has 4 heteroatoms. The standard InChI is InChI=1S/C14H18O4/c1-14(2)17-10-12(18-14)9-16-13(15)8-11-6-4-3-5-7-11/h3-7,12H,8-10H2,1-2H3. The Morgan fingerprint density at radius 3 is 2.72 bits per heavy atom. The van der Waals surface area contributed by atoms with Gasteiger partial charge in [0, 0.05) is 0 Å². The van der Waals surface area contributed by atoms with E-state index in [1.165, 1.54) is 0 Å². The van der Waals surface area contributed by atoms with Crippen LogP contribution in [0.3, 0.4) is 0 Å². The quantitative estimate of drug-likeness (QED) is 0.766. The molecule has 98 valence electrons. The monoisotopic (exact) mass is 250 g/mol. The van der Waals surface area contributed by atoms with Crippen LogP contribution in [0.4, 0.5) is 0 Å². The molecule has 1 aromatic rings. The van der Waals surface area contributed by atoms with Crippen LogP contribution in [0.25, 0.3) is 0 Å². The Kier molecular flexibility index (Phi) is 3.99. The summed E-state index contributed by atoms with van der Waals surface area (Å²) in [7, 11) is 0. The van der Waals surface area contributed by atoms with Gasteiger partial charge in [0.25, 0.3) is 0 Å². The number of hydrogen-bond acceptors (Lipinski definition) is 4. The maximum absolute atomic E-state index is 11.6. The topological polar surface area (TPSA) is 44.8 Å². The maximum Gasteiger partial charge on any atom is 0.310 e. The highest BCUT2D eigenvalue weighted by atomic mass is 16.7. The van der Waals surface area contributed by atoms with E-state index in [-0.39, 0.29) is 25.1 Å². The van der Waals surface area contributed by atoms with E-state index in [1.807, 2.05) is 44.2 Å². The van der Waals surface area contributed by atoms with Crippen molar-refractivity contribution >= 4 is 5.97 Å². The first kappa shape index (κ1) is 13.1. The number of benzene rings is 1. The predicted octanol–water partition coefficient (Wildman–Crippen LogP) is 1.92. The average Bonchev–Trinajstić information content (AvgIpc) is 2.68. The Morgan fingerprint density at radius 2 is 2.11 bits per heavy atom. The highest BCUT2D eigenvalue weighted by Gasteiger charge is 2.33. The van der Waals surface area contributed by atoms with Gasteiger partial charge in [0.1, 0.15) is 12.7 Å². The third-order valence-corrected chi connectivity index (χ3v) is 2.69. The summed E-state index contributed by atoms with van der Waals surface area (Å²) in [4.78, 5) is 11.6. The Labute approximate surface area is 107 Å². The Balaban J connectivity index is 1.73. The van der Waals surface area contributed by atoms with Crippen LogP contribution < -0.4 is 0 Å². The molecule has 1 fully saturated rings. The van der Waals surface area contributed by atoms with Crippen LogP contribution in [0, 0.1) is 0 Å². The molecule has 0 radical (unpaired) electrons. The van der Waals surface area contributed by atoms with Gasteiger partial charge < -0.3 is 14.2 Å². The lowest BCUT2D eigenvalue weighted by atomic mass is 10.2. The summed E-state index contributed by atoms with van der Waals surface area (Å²) in [5.41, 5.74) is 0.950. The van der Waals surface area contributed by atoms with Gasteiger partial charge in [0.2, 0.25) is 0 Å². The zero-order valence-electron chi connectivity index (χ0n) is 10.7. The van der Waals surface area contributed by atoms with E-state index >= 15 is 0 Å². The molecule has 2 rings (SSSR count). The van der Waals surface area contributed by atoms with Crippen LogP contribution in [0.1, 0.15) is 19.4 Å². The van der Waals surface area contributed by atoms with Crippen molar-refractivity contribution < 1.29 is 19.0 Å². The second-order valence-corrected chi connectivity index (χ2v) is 4.80. The molecule has 0 bridgehead atoms. The first-order valence-electron chi connectivity index (χ1n) is 6.06. The second kappa shape index (κ2) is 5.50. The summed E-state index contributed by atoms with van der Waals surface area (Å²) >= 11 is 0. The van der Waals surface area contributed by atoms with Gasteiger partial charge in [0.15, 0.2) is 5.79 Å². The third-order valence-electron chi connectivity index (χ3n) is 2.69. The van der Waals surface area contributed by atoms with Crippen LogP contribution in [-0.4, -0.2) is 31.1 Å². The highest BCUT2D eigenvalue weighted by molar-refractivity contribution is 5.72. The summed E-state index contributed by atoms with van der Waals surface area (Å²) in [6.07, 6.45) is 0.123. The van der Waals surface area contributed by atoms with Crippen molar-refractivity contribution in [3.63, 3.8) is 0 Å². The van der Waals surface area contributed by atoms with Crippen molar-refractivity contribution in [2.24, 2.45) is 0 Å². The van der Waals surface area contributed by atoms with Crippen LogP contribution >= 0.6 is 0 Å². The van der Waals surface area contributed by atoms with Crippen LogP contribution in [0.15, 0.2) is 30.3 Å². The second-order valence-electron chi connectivity index (χ2n) is 4.80. The predicted molar refractivity (Wildman–Crippen MR) is 66.0 cm³/mol. The molecule has 1 aliphatic rings. The fourth-order valence-corrected chi connectivity index (χ4v) is 1.84. The van der Waals surface area contributed by atoms with Crippen molar-refractivity contribution in [2.75, 3.05) is 13.2 Å². The lowest BCUT2D eigenvalue weighted by Crippen LogP contribution is -2.25. The molecule has 1 unspecified atom stereocenters. The largest absolute Gasteiger partial charge is 0.463 e. The number of hydrogen-bond donors (Lipinski definition) is 0. The molecule has 1 aromatic carbocycles. The maximum atomic E-state index is 11.6. The zero-order valence-corrected chi connectivity index (χ0v) is 10.7. The van der Waals surface area contributed by atoms with Gasteiger partial charge >= 0.3 is 5.97 Å². The molecule has 4 nitrogen and oxygen atoms in total. The van der Waals surface area contributed by atoms with Crippen molar-refractivity contribution in [3.05, 3.63) is 35.9 Å². The highest BCUT2D eigenvalue weighted by Crippen LogP contribution is 2.22. The van der Waals surface area contributed by atoms with Crippen LogP contribution in [0.5, 0.6) is 0 Å². The van der Waals surface area contributed by atoms with E-state index < -0.39 is 5.79 Å².